The molecule has 0 aliphatic heterocycles. The molecule has 2 rings (SSSR count). The predicted octanol–water partition coefficient (Wildman–Crippen LogP) is 3.43. The van der Waals surface area contributed by atoms with Gasteiger partial charge in [-0.25, -0.2) is 4.39 Å². The first-order valence-electron chi connectivity index (χ1n) is 3.95. The van der Waals surface area contributed by atoms with Crippen molar-refractivity contribution in [3.8, 4) is 11.3 Å². The molecule has 0 aliphatic carbocycles. The summed E-state index contributed by atoms with van der Waals surface area (Å²) in [6.07, 6.45) is 0. The lowest BCUT2D eigenvalue weighted by molar-refractivity contribution is 0.433. The lowest BCUT2D eigenvalue weighted by Crippen LogP contribution is -1.88. The Morgan fingerprint density at radius 3 is 2.80 bits per heavy atom. The van der Waals surface area contributed by atoms with Crippen molar-refractivity contribution in [2.75, 3.05) is 5.73 Å². The maximum atomic E-state index is 13.5. The highest BCUT2D eigenvalue weighted by Gasteiger charge is 2.16. The SMILES string of the molecule is Nc1noc(-c2cc(Br)ccc2F)c1I. The van der Waals surface area contributed by atoms with Crippen molar-refractivity contribution in [3.63, 3.8) is 0 Å². The van der Waals surface area contributed by atoms with Crippen molar-refractivity contribution in [3.05, 3.63) is 32.1 Å². The number of rotatable bonds is 1. The first kappa shape index (κ1) is 10.9. The van der Waals surface area contributed by atoms with E-state index in [1.807, 2.05) is 22.6 Å². The van der Waals surface area contributed by atoms with E-state index in [1.165, 1.54) is 6.07 Å². The van der Waals surface area contributed by atoms with Gasteiger partial charge in [-0.3, -0.25) is 0 Å². The van der Waals surface area contributed by atoms with Crippen LogP contribution in [0.3, 0.4) is 0 Å². The highest BCUT2D eigenvalue weighted by molar-refractivity contribution is 14.1. The van der Waals surface area contributed by atoms with Gasteiger partial charge in [0, 0.05) is 4.47 Å². The third kappa shape index (κ3) is 2.00. The van der Waals surface area contributed by atoms with Gasteiger partial charge in [0.25, 0.3) is 0 Å². The molecule has 1 heterocycles. The lowest BCUT2D eigenvalue weighted by atomic mass is 10.1. The zero-order valence-electron chi connectivity index (χ0n) is 7.30. The monoisotopic (exact) mass is 382 g/mol. The Morgan fingerprint density at radius 1 is 1.47 bits per heavy atom. The summed E-state index contributed by atoms with van der Waals surface area (Å²) in [5.74, 6) is 0.254. The standard InChI is InChI=1S/C9H5BrFIN2O/c10-4-1-2-6(11)5(3-4)8-7(12)9(13)14-15-8/h1-3H,(H2,13,14). The van der Waals surface area contributed by atoms with Gasteiger partial charge in [0.2, 0.25) is 0 Å². The molecule has 0 amide bonds. The van der Waals surface area contributed by atoms with Gasteiger partial charge in [-0.05, 0) is 40.8 Å². The number of nitrogens with two attached hydrogens (primary N) is 1. The molecule has 15 heavy (non-hydrogen) atoms. The fraction of sp³-hybridized carbons (Fsp3) is 0. The van der Waals surface area contributed by atoms with E-state index in [-0.39, 0.29) is 11.6 Å². The van der Waals surface area contributed by atoms with Gasteiger partial charge in [-0.15, -0.1) is 0 Å². The van der Waals surface area contributed by atoms with E-state index in [0.717, 1.165) is 4.47 Å². The molecule has 3 nitrogen and oxygen atoms in total. The quantitative estimate of drug-likeness (QED) is 0.769. The normalized spacial score (nSPS) is 10.6. The minimum Gasteiger partial charge on any atom is -0.380 e. The largest absolute Gasteiger partial charge is 0.380 e. The van der Waals surface area contributed by atoms with Crippen LogP contribution in [0, 0.1) is 9.39 Å². The Kier molecular flexibility index (Phi) is 2.96. The van der Waals surface area contributed by atoms with Gasteiger partial charge in [0.05, 0.1) is 5.56 Å². The van der Waals surface area contributed by atoms with E-state index in [9.17, 15) is 4.39 Å². The van der Waals surface area contributed by atoms with Crippen molar-refractivity contribution in [1.29, 1.82) is 0 Å². The fourth-order valence-corrected chi connectivity index (χ4v) is 1.98. The van der Waals surface area contributed by atoms with Gasteiger partial charge in [-0.1, -0.05) is 21.1 Å². The number of anilines is 1. The first-order chi connectivity index (χ1) is 7.09. The number of hydrogen-bond donors (Lipinski definition) is 1. The number of aromatic nitrogens is 1. The molecule has 0 bridgehead atoms. The fourth-order valence-electron chi connectivity index (χ4n) is 1.13. The molecule has 78 valence electrons. The van der Waals surface area contributed by atoms with E-state index in [2.05, 4.69) is 21.1 Å². The van der Waals surface area contributed by atoms with Crippen LogP contribution in [0.1, 0.15) is 0 Å². The molecule has 1 aromatic carbocycles. The second kappa shape index (κ2) is 4.09. The van der Waals surface area contributed by atoms with E-state index >= 15 is 0 Å². The number of halogens is 3. The molecular formula is C9H5BrFIN2O. The van der Waals surface area contributed by atoms with Crippen LogP contribution in [0.5, 0.6) is 0 Å². The Labute approximate surface area is 107 Å². The Bertz CT molecular complexity index is 515. The van der Waals surface area contributed by atoms with E-state index in [1.54, 1.807) is 12.1 Å². The number of nitrogen functional groups attached to an aromatic ring is 1. The molecular weight excluding hydrogens is 378 g/mol. The van der Waals surface area contributed by atoms with Crippen molar-refractivity contribution < 1.29 is 8.91 Å². The van der Waals surface area contributed by atoms with Gasteiger partial charge >= 0.3 is 0 Å². The molecule has 2 aromatic rings. The number of benzene rings is 1. The van der Waals surface area contributed by atoms with E-state index < -0.39 is 0 Å². The van der Waals surface area contributed by atoms with Gasteiger partial charge in [0.1, 0.15) is 9.39 Å². The summed E-state index contributed by atoms with van der Waals surface area (Å²) in [6, 6.07) is 4.59. The lowest BCUT2D eigenvalue weighted by Gasteiger charge is -1.99. The molecule has 0 fully saturated rings. The molecule has 0 saturated carbocycles. The topological polar surface area (TPSA) is 52.0 Å². The summed E-state index contributed by atoms with van der Waals surface area (Å²) in [4.78, 5) is 0. The summed E-state index contributed by atoms with van der Waals surface area (Å²) in [5, 5.41) is 3.58. The maximum Gasteiger partial charge on any atom is 0.185 e. The number of nitrogens with zero attached hydrogens (tertiary/aromatic N) is 1. The van der Waals surface area contributed by atoms with Crippen molar-refractivity contribution in [2.45, 2.75) is 0 Å². The van der Waals surface area contributed by atoms with Gasteiger partial charge in [0.15, 0.2) is 11.6 Å². The summed E-state index contributed by atoms with van der Waals surface area (Å²) in [5.41, 5.74) is 5.86. The Morgan fingerprint density at radius 2 is 2.20 bits per heavy atom. The van der Waals surface area contributed by atoms with Crippen LogP contribution < -0.4 is 5.73 Å². The average molecular weight is 383 g/mol. The molecule has 0 saturated heterocycles. The van der Waals surface area contributed by atoms with Crippen LogP contribution in [-0.4, -0.2) is 5.16 Å². The molecule has 1 aromatic heterocycles. The Hall–Kier alpha value is -0.630. The molecule has 6 heteroatoms. The van der Waals surface area contributed by atoms with E-state index in [4.69, 9.17) is 10.3 Å². The van der Waals surface area contributed by atoms with Crippen LogP contribution in [0.2, 0.25) is 0 Å². The predicted molar refractivity (Wildman–Crippen MR) is 66.7 cm³/mol. The number of hydrogen-bond acceptors (Lipinski definition) is 3. The molecule has 0 radical (unpaired) electrons. The maximum absolute atomic E-state index is 13.5. The van der Waals surface area contributed by atoms with Crippen LogP contribution in [-0.2, 0) is 0 Å². The first-order valence-corrected chi connectivity index (χ1v) is 5.83. The molecule has 0 atom stereocenters. The molecule has 0 spiro atoms. The van der Waals surface area contributed by atoms with Crippen molar-refractivity contribution in [2.24, 2.45) is 0 Å². The smallest absolute Gasteiger partial charge is 0.185 e. The zero-order valence-corrected chi connectivity index (χ0v) is 11.0. The zero-order chi connectivity index (χ0) is 11.0. The summed E-state index contributed by atoms with van der Waals surface area (Å²) >= 11 is 5.23. The molecule has 2 N–H and O–H groups in total. The van der Waals surface area contributed by atoms with Gasteiger partial charge in [-0.2, -0.15) is 0 Å². The second-order valence-corrected chi connectivity index (χ2v) is 4.83. The summed E-state index contributed by atoms with van der Waals surface area (Å²) in [6.45, 7) is 0. The van der Waals surface area contributed by atoms with Crippen LogP contribution in [0.25, 0.3) is 11.3 Å². The highest BCUT2D eigenvalue weighted by atomic mass is 127. The summed E-state index contributed by atoms with van der Waals surface area (Å²) in [7, 11) is 0. The van der Waals surface area contributed by atoms with Crippen molar-refractivity contribution in [1.82, 2.24) is 5.16 Å². The van der Waals surface area contributed by atoms with Crippen molar-refractivity contribution >= 4 is 44.3 Å². The second-order valence-electron chi connectivity index (χ2n) is 2.84. The van der Waals surface area contributed by atoms with Crippen LogP contribution in [0.15, 0.2) is 27.2 Å². The third-order valence-corrected chi connectivity index (χ3v) is 3.37. The summed E-state index contributed by atoms with van der Waals surface area (Å²) < 4.78 is 19.8. The average Bonchev–Trinajstić information content (AvgIpc) is 2.52. The van der Waals surface area contributed by atoms with Crippen LogP contribution >= 0.6 is 38.5 Å². The highest BCUT2D eigenvalue weighted by Crippen LogP contribution is 2.32. The minimum absolute atomic E-state index is 0.268. The Balaban J connectivity index is 2.63. The van der Waals surface area contributed by atoms with E-state index in [0.29, 0.717) is 14.9 Å². The van der Waals surface area contributed by atoms with Gasteiger partial charge < -0.3 is 10.3 Å². The third-order valence-electron chi connectivity index (χ3n) is 1.83. The molecule has 0 aliphatic rings. The minimum atomic E-state index is -0.368. The van der Waals surface area contributed by atoms with Crippen LogP contribution in [0.4, 0.5) is 10.2 Å². The molecule has 0 unspecified atom stereocenters.